The largest absolute Gasteiger partial charge is 0.374 e. The molecule has 0 bridgehead atoms. The third kappa shape index (κ3) is 17.7. The van der Waals surface area contributed by atoms with Gasteiger partial charge in [0.25, 0.3) is 0 Å². The average molecular weight is 457 g/mol. The summed E-state index contributed by atoms with van der Waals surface area (Å²) in [5, 5.41) is 0. The summed E-state index contributed by atoms with van der Waals surface area (Å²) in [6.45, 7) is 4.78. The number of hydrogen-bond donors (Lipinski definition) is 1. The molecule has 0 saturated heterocycles. The molecule has 5 nitrogen and oxygen atoms in total. The van der Waals surface area contributed by atoms with Crippen molar-refractivity contribution in [3.8, 4) is 0 Å². The fourth-order valence-electron chi connectivity index (χ4n) is 3.31. The lowest BCUT2D eigenvalue weighted by Gasteiger charge is -2.24. The van der Waals surface area contributed by atoms with Crippen LogP contribution in [-0.2, 0) is 20.4 Å². The summed E-state index contributed by atoms with van der Waals surface area (Å²) in [6, 6.07) is 10.4. The van der Waals surface area contributed by atoms with Gasteiger partial charge in [-0.3, -0.25) is 0 Å². The van der Waals surface area contributed by atoms with Crippen LogP contribution in [0.2, 0.25) is 0 Å². The summed E-state index contributed by atoms with van der Waals surface area (Å²) in [5.41, 5.74) is 1.22. The van der Waals surface area contributed by atoms with Crippen molar-refractivity contribution in [3.05, 3.63) is 35.9 Å². The molecule has 180 valence electrons. The molecule has 0 fully saturated rings. The Morgan fingerprint density at radius 2 is 1.45 bits per heavy atom. The van der Waals surface area contributed by atoms with Gasteiger partial charge in [-0.15, -0.1) is 0 Å². The van der Waals surface area contributed by atoms with Crippen LogP contribution in [0.5, 0.6) is 0 Å². The van der Waals surface area contributed by atoms with E-state index in [4.69, 9.17) is 13.8 Å². The average Bonchev–Trinajstić information content (AvgIpc) is 2.73. The van der Waals surface area contributed by atoms with Crippen molar-refractivity contribution in [1.29, 1.82) is 0 Å². The minimum absolute atomic E-state index is 0.239. The number of ether oxygens (including phenoxy) is 1. The fourth-order valence-corrected chi connectivity index (χ4v) is 3.91. The zero-order chi connectivity index (χ0) is 22.8. The Hall–Kier alpha value is -0.550. The van der Waals surface area contributed by atoms with Crippen molar-refractivity contribution in [3.63, 3.8) is 0 Å². The summed E-state index contributed by atoms with van der Waals surface area (Å²) in [5.74, 6) is 0. The molecule has 1 N–H and O–H groups in total. The summed E-state index contributed by atoms with van der Waals surface area (Å²) in [4.78, 5) is 9.91. The highest BCUT2D eigenvalue weighted by Gasteiger charge is 2.13. The SMILES string of the molecule is CCCCCCCCCC(CCCOP(O)OCC[N+](C)(C)C)OCc1ccccc1. The van der Waals surface area contributed by atoms with E-state index in [0.717, 1.165) is 30.3 Å². The van der Waals surface area contributed by atoms with Gasteiger partial charge in [-0.1, -0.05) is 82.2 Å². The van der Waals surface area contributed by atoms with E-state index < -0.39 is 8.60 Å². The number of quaternary nitrogens is 1. The van der Waals surface area contributed by atoms with E-state index in [1.165, 1.54) is 50.5 Å². The third-order valence-electron chi connectivity index (χ3n) is 5.29. The zero-order valence-electron chi connectivity index (χ0n) is 20.4. The molecule has 0 radical (unpaired) electrons. The van der Waals surface area contributed by atoms with E-state index in [-0.39, 0.29) is 6.10 Å². The van der Waals surface area contributed by atoms with E-state index in [2.05, 4.69) is 52.3 Å². The number of rotatable bonds is 20. The molecule has 0 aliphatic rings. The molecule has 1 aromatic rings. The van der Waals surface area contributed by atoms with E-state index >= 15 is 0 Å². The van der Waals surface area contributed by atoms with Gasteiger partial charge in [0.05, 0.1) is 40.5 Å². The topological polar surface area (TPSA) is 47.9 Å². The van der Waals surface area contributed by atoms with Crippen LogP contribution in [0.3, 0.4) is 0 Å². The highest BCUT2D eigenvalue weighted by atomic mass is 31.2. The number of hydrogen-bond acceptors (Lipinski definition) is 4. The van der Waals surface area contributed by atoms with Crippen molar-refractivity contribution in [2.75, 3.05) is 40.9 Å². The standard InChI is InChI=1S/C25H47NO4P/c1-5-6-7-8-9-10-14-18-25(28-23-24-16-12-11-13-17-24)19-15-21-29-31(27)30-22-20-26(2,3)4/h11-13,16-17,25,27H,5-10,14-15,18-23H2,1-4H3/q+1. The maximum atomic E-state index is 9.91. The number of likely N-dealkylation sites (N-methyl/N-ethyl adjacent to an activating group) is 1. The maximum Gasteiger partial charge on any atom is 0.330 e. The van der Waals surface area contributed by atoms with Crippen molar-refractivity contribution in [2.45, 2.75) is 83.8 Å². The summed E-state index contributed by atoms with van der Waals surface area (Å²) in [7, 11) is 4.52. The Labute approximate surface area is 192 Å². The zero-order valence-corrected chi connectivity index (χ0v) is 21.3. The highest BCUT2D eigenvalue weighted by Crippen LogP contribution is 2.33. The van der Waals surface area contributed by atoms with Crippen LogP contribution in [-0.4, -0.2) is 56.4 Å². The van der Waals surface area contributed by atoms with Crippen LogP contribution >= 0.6 is 8.60 Å². The smallest absolute Gasteiger partial charge is 0.330 e. The molecule has 1 rings (SSSR count). The van der Waals surface area contributed by atoms with Crippen LogP contribution in [0.25, 0.3) is 0 Å². The number of benzene rings is 1. The van der Waals surface area contributed by atoms with Crippen molar-refractivity contribution in [2.24, 2.45) is 0 Å². The molecule has 31 heavy (non-hydrogen) atoms. The Bertz CT molecular complexity index is 524. The summed E-state index contributed by atoms with van der Waals surface area (Å²) < 4.78 is 17.9. The molecule has 2 atom stereocenters. The van der Waals surface area contributed by atoms with Gasteiger partial charge in [0.1, 0.15) is 13.2 Å². The Morgan fingerprint density at radius 3 is 2.13 bits per heavy atom. The van der Waals surface area contributed by atoms with Crippen molar-refractivity contribution < 1.29 is 23.2 Å². The van der Waals surface area contributed by atoms with Crippen LogP contribution < -0.4 is 0 Å². The Morgan fingerprint density at radius 1 is 0.839 bits per heavy atom. The van der Waals surface area contributed by atoms with Crippen LogP contribution in [0.15, 0.2) is 30.3 Å². The molecule has 0 aromatic heterocycles. The van der Waals surface area contributed by atoms with Gasteiger partial charge in [-0.05, 0) is 24.8 Å². The minimum atomic E-state index is -1.78. The van der Waals surface area contributed by atoms with E-state index in [9.17, 15) is 4.89 Å². The normalized spacial score (nSPS) is 14.0. The lowest BCUT2D eigenvalue weighted by atomic mass is 10.0. The predicted molar refractivity (Wildman–Crippen MR) is 131 cm³/mol. The van der Waals surface area contributed by atoms with Gasteiger partial charge < -0.3 is 23.2 Å². The van der Waals surface area contributed by atoms with Crippen molar-refractivity contribution in [1.82, 2.24) is 0 Å². The monoisotopic (exact) mass is 456 g/mol. The van der Waals surface area contributed by atoms with Gasteiger partial charge in [0, 0.05) is 0 Å². The molecule has 2 unspecified atom stereocenters. The second-order valence-electron chi connectivity index (χ2n) is 9.39. The molecule has 1 aromatic carbocycles. The van der Waals surface area contributed by atoms with Crippen molar-refractivity contribution >= 4 is 8.60 Å². The van der Waals surface area contributed by atoms with E-state index in [1.54, 1.807) is 0 Å². The fraction of sp³-hybridized carbons (Fsp3) is 0.760. The number of nitrogens with zero attached hydrogens (tertiary/aromatic N) is 1. The molecular weight excluding hydrogens is 409 g/mol. The first kappa shape index (κ1) is 28.5. The molecule has 0 aliphatic heterocycles. The molecule has 0 spiro atoms. The Balaban J connectivity index is 2.25. The molecule has 0 saturated carbocycles. The molecule has 6 heteroatoms. The van der Waals surface area contributed by atoms with E-state index in [1.807, 2.05) is 6.07 Å². The molecule has 0 amide bonds. The predicted octanol–water partition coefficient (Wildman–Crippen LogP) is 6.45. The van der Waals surface area contributed by atoms with Gasteiger partial charge in [-0.2, -0.15) is 0 Å². The summed E-state index contributed by atoms with van der Waals surface area (Å²) in [6.07, 6.45) is 12.4. The lowest BCUT2D eigenvalue weighted by Crippen LogP contribution is -2.37. The molecule has 0 heterocycles. The lowest BCUT2D eigenvalue weighted by molar-refractivity contribution is -0.870. The molecule has 0 aliphatic carbocycles. The highest BCUT2D eigenvalue weighted by molar-refractivity contribution is 7.40. The molecular formula is C25H47NO4P+. The first-order chi connectivity index (χ1) is 14.9. The van der Waals surface area contributed by atoms with Crippen LogP contribution in [0.4, 0.5) is 0 Å². The van der Waals surface area contributed by atoms with E-state index in [0.29, 0.717) is 19.8 Å². The van der Waals surface area contributed by atoms with Crippen LogP contribution in [0.1, 0.15) is 76.7 Å². The van der Waals surface area contributed by atoms with Gasteiger partial charge in [-0.25, -0.2) is 0 Å². The minimum Gasteiger partial charge on any atom is -0.374 e. The first-order valence-electron chi connectivity index (χ1n) is 12.1. The second kappa shape index (κ2) is 17.9. The first-order valence-corrected chi connectivity index (χ1v) is 13.2. The quantitative estimate of drug-likeness (QED) is 0.139. The van der Waals surface area contributed by atoms with Gasteiger partial charge in [0.2, 0.25) is 0 Å². The third-order valence-corrected chi connectivity index (χ3v) is 6.10. The summed E-state index contributed by atoms with van der Waals surface area (Å²) >= 11 is 0. The maximum absolute atomic E-state index is 9.91. The number of unbranched alkanes of at least 4 members (excludes halogenated alkanes) is 6. The van der Waals surface area contributed by atoms with Gasteiger partial charge >= 0.3 is 8.60 Å². The second-order valence-corrected chi connectivity index (χ2v) is 10.4. The van der Waals surface area contributed by atoms with Crippen LogP contribution in [0, 0.1) is 0 Å². The van der Waals surface area contributed by atoms with Gasteiger partial charge in [0.15, 0.2) is 0 Å². The Kier molecular flexibility index (Phi) is 16.5.